The van der Waals surface area contributed by atoms with E-state index in [1.807, 2.05) is 12.2 Å². The molecule has 0 spiro atoms. The zero-order valence-corrected chi connectivity index (χ0v) is 25.4. The molecular formula is C34H65NO3. The average Bonchev–Trinajstić information content (AvgIpc) is 2.92. The molecule has 2 atom stereocenters. The number of unbranched alkanes of at least 4 members (excludes halogenated alkanes) is 21. The largest absolute Gasteiger partial charge is 0.394 e. The molecule has 0 aromatic carbocycles. The highest BCUT2D eigenvalue weighted by molar-refractivity contribution is 5.76. The number of hydrogen-bond acceptors (Lipinski definition) is 3. The molecule has 0 aliphatic heterocycles. The molecular weight excluding hydrogens is 470 g/mol. The highest BCUT2D eigenvalue weighted by Crippen LogP contribution is 2.14. The number of amides is 1. The smallest absolute Gasteiger partial charge is 0.220 e. The highest BCUT2D eigenvalue weighted by Gasteiger charge is 2.17. The van der Waals surface area contributed by atoms with E-state index in [4.69, 9.17) is 0 Å². The Hall–Kier alpha value is -1.13. The summed E-state index contributed by atoms with van der Waals surface area (Å²) >= 11 is 0. The van der Waals surface area contributed by atoms with Gasteiger partial charge in [-0.15, -0.1) is 0 Å². The van der Waals surface area contributed by atoms with Crippen LogP contribution in [0, 0.1) is 0 Å². The molecule has 2 unspecified atom stereocenters. The monoisotopic (exact) mass is 535 g/mol. The molecule has 1 amide bonds. The van der Waals surface area contributed by atoms with Crippen LogP contribution in [0.2, 0.25) is 0 Å². The summed E-state index contributed by atoms with van der Waals surface area (Å²) < 4.78 is 0. The van der Waals surface area contributed by atoms with Crippen LogP contribution < -0.4 is 5.32 Å². The van der Waals surface area contributed by atoms with Crippen LogP contribution in [0.3, 0.4) is 0 Å². The van der Waals surface area contributed by atoms with Crippen LogP contribution in [0.4, 0.5) is 0 Å². The maximum atomic E-state index is 12.2. The quantitative estimate of drug-likeness (QED) is 0.0660. The van der Waals surface area contributed by atoms with Crippen molar-refractivity contribution in [2.45, 2.75) is 180 Å². The van der Waals surface area contributed by atoms with Crippen molar-refractivity contribution in [1.82, 2.24) is 5.32 Å². The topological polar surface area (TPSA) is 69.6 Å². The Morgan fingerprint density at radius 3 is 1.50 bits per heavy atom. The molecule has 0 aromatic heterocycles. The number of hydrogen-bond donors (Lipinski definition) is 3. The lowest BCUT2D eigenvalue weighted by Gasteiger charge is -2.19. The first kappa shape index (κ1) is 36.9. The molecule has 0 bridgehead atoms. The Kier molecular flexibility index (Phi) is 29.5. The van der Waals surface area contributed by atoms with Gasteiger partial charge in [0.25, 0.3) is 0 Å². The SMILES string of the molecule is CCCCCCCC=CC=CC(O)C(CO)NC(=O)CCCCCCCCCCCCCCCCCCC. The molecule has 3 N–H and O–H groups in total. The van der Waals surface area contributed by atoms with Gasteiger partial charge in [-0.25, -0.2) is 0 Å². The van der Waals surface area contributed by atoms with Gasteiger partial charge in [-0.05, 0) is 19.3 Å². The van der Waals surface area contributed by atoms with E-state index in [2.05, 4.69) is 25.2 Å². The van der Waals surface area contributed by atoms with Crippen molar-refractivity contribution in [2.24, 2.45) is 0 Å². The van der Waals surface area contributed by atoms with E-state index in [-0.39, 0.29) is 12.5 Å². The number of nitrogens with one attached hydrogen (secondary N) is 1. The maximum Gasteiger partial charge on any atom is 0.220 e. The first-order valence-corrected chi connectivity index (χ1v) is 16.6. The maximum absolute atomic E-state index is 12.2. The minimum absolute atomic E-state index is 0.0833. The zero-order chi connectivity index (χ0) is 27.9. The van der Waals surface area contributed by atoms with Gasteiger partial charge >= 0.3 is 0 Å². The van der Waals surface area contributed by atoms with Crippen LogP contribution in [0.25, 0.3) is 0 Å². The van der Waals surface area contributed by atoms with Gasteiger partial charge < -0.3 is 15.5 Å². The molecule has 224 valence electrons. The van der Waals surface area contributed by atoms with Crippen molar-refractivity contribution < 1.29 is 15.0 Å². The van der Waals surface area contributed by atoms with Crippen LogP contribution in [-0.2, 0) is 4.79 Å². The van der Waals surface area contributed by atoms with Crippen LogP contribution in [0.15, 0.2) is 24.3 Å². The Morgan fingerprint density at radius 2 is 1.05 bits per heavy atom. The second kappa shape index (κ2) is 30.4. The Bertz CT molecular complexity index is 546. The average molecular weight is 536 g/mol. The standard InChI is InChI=1S/C34H65NO3/c1-3-5-7-9-11-13-14-15-16-17-18-19-20-22-24-26-28-30-34(38)35-32(31-36)33(37)29-27-25-23-21-12-10-8-6-4-2/h23,25,27,29,32-33,36-37H,3-22,24,26,28,30-31H2,1-2H3,(H,35,38). The fourth-order valence-corrected chi connectivity index (χ4v) is 4.88. The number of carbonyl (C=O) groups excluding carboxylic acids is 1. The molecule has 4 heteroatoms. The van der Waals surface area contributed by atoms with Crippen molar-refractivity contribution in [3.8, 4) is 0 Å². The van der Waals surface area contributed by atoms with Gasteiger partial charge in [0.2, 0.25) is 5.91 Å². The van der Waals surface area contributed by atoms with Gasteiger partial charge in [-0.2, -0.15) is 0 Å². The fourth-order valence-electron chi connectivity index (χ4n) is 4.88. The number of allylic oxidation sites excluding steroid dienone is 3. The van der Waals surface area contributed by atoms with Gasteiger partial charge in [0.1, 0.15) is 0 Å². The molecule has 0 fully saturated rings. The molecule has 0 heterocycles. The minimum atomic E-state index is -0.881. The second-order valence-electron chi connectivity index (χ2n) is 11.3. The number of aliphatic hydroxyl groups is 2. The van der Waals surface area contributed by atoms with Crippen LogP contribution >= 0.6 is 0 Å². The summed E-state index contributed by atoms with van der Waals surface area (Å²) in [5.41, 5.74) is 0. The van der Waals surface area contributed by atoms with Crippen molar-refractivity contribution in [3.63, 3.8) is 0 Å². The molecule has 0 saturated heterocycles. The van der Waals surface area contributed by atoms with E-state index in [0.29, 0.717) is 6.42 Å². The van der Waals surface area contributed by atoms with Crippen LogP contribution in [0.5, 0.6) is 0 Å². The van der Waals surface area contributed by atoms with E-state index in [0.717, 1.165) is 19.3 Å². The first-order chi connectivity index (χ1) is 18.7. The Labute approximate surface area is 237 Å². The van der Waals surface area contributed by atoms with Crippen molar-refractivity contribution in [1.29, 1.82) is 0 Å². The van der Waals surface area contributed by atoms with E-state index in [1.165, 1.54) is 128 Å². The van der Waals surface area contributed by atoms with E-state index >= 15 is 0 Å². The summed E-state index contributed by atoms with van der Waals surface area (Å²) in [6.45, 7) is 4.23. The Balaban J connectivity index is 3.62. The lowest BCUT2D eigenvalue weighted by Crippen LogP contribution is -2.45. The summed E-state index contributed by atoms with van der Waals surface area (Å²) in [5, 5.41) is 22.7. The fraction of sp³-hybridized carbons (Fsp3) is 0.853. The molecule has 0 rings (SSSR count). The van der Waals surface area contributed by atoms with Crippen molar-refractivity contribution >= 4 is 5.91 Å². The van der Waals surface area contributed by atoms with Crippen LogP contribution in [0.1, 0.15) is 168 Å². The predicted octanol–water partition coefficient (Wildman–Crippen LogP) is 9.34. The van der Waals surface area contributed by atoms with E-state index in [9.17, 15) is 15.0 Å². The number of rotatable bonds is 29. The van der Waals surface area contributed by atoms with Gasteiger partial charge in [0.15, 0.2) is 0 Å². The zero-order valence-electron chi connectivity index (χ0n) is 25.4. The minimum Gasteiger partial charge on any atom is -0.394 e. The third-order valence-electron chi connectivity index (χ3n) is 7.49. The molecule has 38 heavy (non-hydrogen) atoms. The van der Waals surface area contributed by atoms with E-state index in [1.54, 1.807) is 6.08 Å². The van der Waals surface area contributed by atoms with Gasteiger partial charge in [-0.3, -0.25) is 4.79 Å². The number of carbonyl (C=O) groups is 1. The lowest BCUT2D eigenvalue weighted by molar-refractivity contribution is -0.123. The van der Waals surface area contributed by atoms with Gasteiger partial charge in [0.05, 0.1) is 18.8 Å². The highest BCUT2D eigenvalue weighted by atomic mass is 16.3. The number of aliphatic hydroxyl groups excluding tert-OH is 2. The van der Waals surface area contributed by atoms with Crippen molar-refractivity contribution in [2.75, 3.05) is 6.61 Å². The summed E-state index contributed by atoms with van der Waals surface area (Å²) in [6, 6.07) is -0.646. The van der Waals surface area contributed by atoms with Gasteiger partial charge in [0, 0.05) is 6.42 Å². The first-order valence-electron chi connectivity index (χ1n) is 16.6. The summed E-state index contributed by atoms with van der Waals surface area (Å²) in [4.78, 5) is 12.2. The normalized spacial score (nSPS) is 13.5. The second-order valence-corrected chi connectivity index (χ2v) is 11.3. The third kappa shape index (κ3) is 26.5. The summed E-state index contributed by atoms with van der Waals surface area (Å²) in [7, 11) is 0. The Morgan fingerprint density at radius 1 is 0.632 bits per heavy atom. The van der Waals surface area contributed by atoms with Gasteiger partial charge in [-0.1, -0.05) is 167 Å². The van der Waals surface area contributed by atoms with Crippen molar-refractivity contribution in [3.05, 3.63) is 24.3 Å². The molecule has 0 aliphatic rings. The van der Waals surface area contributed by atoms with Crippen LogP contribution in [-0.4, -0.2) is 34.9 Å². The lowest BCUT2D eigenvalue weighted by atomic mass is 10.0. The van der Waals surface area contributed by atoms with E-state index < -0.39 is 12.1 Å². The predicted molar refractivity (Wildman–Crippen MR) is 165 cm³/mol. The molecule has 0 radical (unpaired) electrons. The molecule has 0 aliphatic carbocycles. The summed E-state index contributed by atoms with van der Waals surface area (Å²) in [6.07, 6.45) is 36.9. The molecule has 4 nitrogen and oxygen atoms in total. The molecule has 0 saturated carbocycles. The summed E-state index contributed by atoms with van der Waals surface area (Å²) in [5.74, 6) is -0.0833. The molecule has 0 aromatic rings. The third-order valence-corrected chi connectivity index (χ3v) is 7.49.